The van der Waals surface area contributed by atoms with Crippen LogP contribution in [0.3, 0.4) is 0 Å². The van der Waals surface area contributed by atoms with Crippen molar-refractivity contribution in [2.45, 2.75) is 38.3 Å². The van der Waals surface area contributed by atoms with E-state index in [1.165, 1.54) is 4.88 Å². The minimum Gasteiger partial charge on any atom is -0.329 e. The lowest BCUT2D eigenvalue weighted by Crippen LogP contribution is -2.47. The van der Waals surface area contributed by atoms with E-state index in [0.717, 1.165) is 21.8 Å². The summed E-state index contributed by atoms with van der Waals surface area (Å²) in [6, 6.07) is 5.45. The van der Waals surface area contributed by atoms with Crippen molar-refractivity contribution in [2.24, 2.45) is 0 Å². The van der Waals surface area contributed by atoms with Crippen molar-refractivity contribution in [3.63, 3.8) is 0 Å². The van der Waals surface area contributed by atoms with Crippen molar-refractivity contribution in [1.82, 2.24) is 15.1 Å². The molecule has 8 heteroatoms. The van der Waals surface area contributed by atoms with Gasteiger partial charge in [0.15, 0.2) is 0 Å². The number of hydrogen-bond acceptors (Lipinski definition) is 5. The number of fused-ring (bicyclic) bond motifs is 1. The van der Waals surface area contributed by atoms with E-state index >= 15 is 0 Å². The molecule has 0 aromatic carbocycles. The lowest BCUT2D eigenvalue weighted by Gasteiger charge is -2.36. The van der Waals surface area contributed by atoms with E-state index in [0.29, 0.717) is 13.0 Å². The smallest absolute Gasteiger partial charge is 0.325 e. The maximum Gasteiger partial charge on any atom is 0.325 e. The highest BCUT2D eigenvalue weighted by atomic mass is 32.1. The molecule has 2 atom stereocenters. The van der Waals surface area contributed by atoms with Gasteiger partial charge in [-0.15, -0.1) is 22.7 Å². The Morgan fingerprint density at radius 3 is 2.78 bits per heavy atom. The van der Waals surface area contributed by atoms with Gasteiger partial charge in [0.05, 0.1) is 6.04 Å². The lowest BCUT2D eigenvalue weighted by molar-refractivity contribution is -0.140. The van der Waals surface area contributed by atoms with E-state index in [9.17, 15) is 14.4 Å². The van der Waals surface area contributed by atoms with Gasteiger partial charge >= 0.3 is 6.03 Å². The second-order valence-electron chi connectivity index (χ2n) is 7.06. The van der Waals surface area contributed by atoms with Gasteiger partial charge in [0.1, 0.15) is 12.1 Å². The number of amides is 4. The summed E-state index contributed by atoms with van der Waals surface area (Å²) in [5.41, 5.74) is 0.227. The number of rotatable bonds is 4. The van der Waals surface area contributed by atoms with Gasteiger partial charge in [-0.05, 0) is 48.2 Å². The SMILES string of the molecule is CC[C@]1(C)NC(=O)N(CC(=O)N2CCc3sccc3[C@@H]2c2cccs2)C1=O. The van der Waals surface area contributed by atoms with Crippen LogP contribution in [0.5, 0.6) is 0 Å². The van der Waals surface area contributed by atoms with Gasteiger partial charge in [0.25, 0.3) is 5.91 Å². The zero-order chi connectivity index (χ0) is 19.2. The predicted octanol–water partition coefficient (Wildman–Crippen LogP) is 3.00. The predicted molar refractivity (Wildman–Crippen MR) is 105 cm³/mol. The molecule has 142 valence electrons. The fraction of sp³-hybridized carbons (Fsp3) is 0.421. The van der Waals surface area contributed by atoms with Crippen molar-refractivity contribution >= 4 is 40.5 Å². The minimum atomic E-state index is -0.924. The first kappa shape index (κ1) is 18.2. The van der Waals surface area contributed by atoms with E-state index in [2.05, 4.69) is 16.8 Å². The van der Waals surface area contributed by atoms with E-state index in [4.69, 9.17) is 0 Å². The number of hydrogen-bond donors (Lipinski definition) is 1. The van der Waals surface area contributed by atoms with Crippen LogP contribution >= 0.6 is 22.7 Å². The van der Waals surface area contributed by atoms with E-state index in [1.807, 2.05) is 29.3 Å². The van der Waals surface area contributed by atoms with Gasteiger partial charge < -0.3 is 10.2 Å². The van der Waals surface area contributed by atoms with Crippen molar-refractivity contribution in [2.75, 3.05) is 13.1 Å². The molecule has 2 aromatic rings. The van der Waals surface area contributed by atoms with Gasteiger partial charge in [-0.2, -0.15) is 0 Å². The Bertz CT molecular complexity index is 892. The van der Waals surface area contributed by atoms with E-state index in [1.54, 1.807) is 29.6 Å². The number of thiophene rings is 2. The average Bonchev–Trinajstić information content (AvgIpc) is 3.38. The van der Waals surface area contributed by atoms with Crippen LogP contribution in [0.15, 0.2) is 29.0 Å². The summed E-state index contributed by atoms with van der Waals surface area (Å²) in [6.07, 6.45) is 1.29. The molecule has 0 bridgehead atoms. The van der Waals surface area contributed by atoms with Crippen LogP contribution in [0.4, 0.5) is 4.79 Å². The summed E-state index contributed by atoms with van der Waals surface area (Å²) in [5.74, 6) is -0.529. The van der Waals surface area contributed by atoms with Crippen LogP contribution in [0.1, 0.15) is 41.6 Å². The van der Waals surface area contributed by atoms with Crippen molar-refractivity contribution in [1.29, 1.82) is 0 Å². The van der Waals surface area contributed by atoms with Gasteiger partial charge in [0.2, 0.25) is 5.91 Å². The molecule has 0 saturated carbocycles. The molecule has 0 radical (unpaired) electrons. The van der Waals surface area contributed by atoms with Crippen LogP contribution in [0, 0.1) is 0 Å². The third kappa shape index (κ3) is 2.96. The molecule has 2 aliphatic heterocycles. The van der Waals surface area contributed by atoms with Crippen LogP contribution in [0.25, 0.3) is 0 Å². The maximum absolute atomic E-state index is 13.1. The lowest BCUT2D eigenvalue weighted by atomic mass is 9.98. The summed E-state index contributed by atoms with van der Waals surface area (Å²) in [4.78, 5) is 43.3. The molecule has 1 saturated heterocycles. The molecular weight excluding hydrogens is 382 g/mol. The molecule has 1 fully saturated rings. The maximum atomic E-state index is 13.1. The molecule has 4 heterocycles. The molecule has 27 heavy (non-hydrogen) atoms. The van der Waals surface area contributed by atoms with Crippen LogP contribution in [0.2, 0.25) is 0 Å². The fourth-order valence-electron chi connectivity index (χ4n) is 3.70. The molecule has 1 N–H and O–H groups in total. The normalized spacial score (nSPS) is 24.9. The molecule has 6 nitrogen and oxygen atoms in total. The van der Waals surface area contributed by atoms with Crippen LogP contribution < -0.4 is 5.32 Å². The highest BCUT2D eigenvalue weighted by Gasteiger charge is 2.47. The Balaban J connectivity index is 1.60. The summed E-state index contributed by atoms with van der Waals surface area (Å²) in [7, 11) is 0. The van der Waals surface area contributed by atoms with Gasteiger partial charge in [-0.25, -0.2) is 4.79 Å². The monoisotopic (exact) mass is 403 g/mol. The van der Waals surface area contributed by atoms with Crippen molar-refractivity contribution in [3.05, 3.63) is 44.3 Å². The second-order valence-corrected chi connectivity index (χ2v) is 9.04. The summed E-state index contributed by atoms with van der Waals surface area (Å²) >= 11 is 3.33. The number of urea groups is 1. The molecule has 4 rings (SSSR count). The fourth-order valence-corrected chi connectivity index (χ4v) is 5.45. The van der Waals surface area contributed by atoms with Crippen molar-refractivity contribution in [3.8, 4) is 0 Å². The Kier molecular flexibility index (Phi) is 4.55. The Hall–Kier alpha value is -2.19. The van der Waals surface area contributed by atoms with Gasteiger partial charge in [-0.3, -0.25) is 14.5 Å². The number of nitrogens with zero attached hydrogens (tertiary/aromatic N) is 2. The zero-order valence-corrected chi connectivity index (χ0v) is 16.9. The quantitative estimate of drug-likeness (QED) is 0.798. The molecule has 0 unspecified atom stereocenters. The topological polar surface area (TPSA) is 69.7 Å². The third-order valence-corrected chi connectivity index (χ3v) is 7.37. The minimum absolute atomic E-state index is 0.147. The number of carbonyl (C=O) groups is 3. The molecule has 0 spiro atoms. The Morgan fingerprint density at radius 2 is 2.11 bits per heavy atom. The average molecular weight is 404 g/mol. The first-order valence-corrected chi connectivity index (χ1v) is 10.7. The van der Waals surface area contributed by atoms with E-state index < -0.39 is 11.6 Å². The van der Waals surface area contributed by atoms with Gasteiger partial charge in [0, 0.05) is 16.3 Å². The third-order valence-electron chi connectivity index (χ3n) is 5.44. The largest absolute Gasteiger partial charge is 0.329 e. The molecule has 2 aliphatic rings. The molecular formula is C19H21N3O3S2. The number of imide groups is 1. The Morgan fingerprint density at radius 1 is 1.30 bits per heavy atom. The summed E-state index contributed by atoms with van der Waals surface area (Å²) in [6.45, 7) is 3.91. The Labute approximate surface area is 165 Å². The first-order chi connectivity index (χ1) is 12.9. The highest BCUT2D eigenvalue weighted by molar-refractivity contribution is 7.10. The van der Waals surface area contributed by atoms with Crippen LogP contribution in [-0.4, -0.2) is 46.3 Å². The molecule has 0 aliphatic carbocycles. The van der Waals surface area contributed by atoms with Gasteiger partial charge in [-0.1, -0.05) is 13.0 Å². The molecule has 4 amide bonds. The zero-order valence-electron chi connectivity index (χ0n) is 15.2. The second kappa shape index (κ2) is 6.76. The molecule has 2 aromatic heterocycles. The standard InChI is InChI=1S/C19H21N3O3S2/c1-3-19(2)17(24)22(18(25)20-19)11-15(23)21-8-6-13-12(7-10-27-13)16(21)14-5-4-9-26-14/h4-5,7,9-10,16H,3,6,8,11H2,1-2H3,(H,20,25)/t16-,19+/m1/s1. The van der Waals surface area contributed by atoms with Crippen molar-refractivity contribution < 1.29 is 14.4 Å². The number of nitrogens with one attached hydrogen (secondary N) is 1. The highest BCUT2D eigenvalue weighted by Crippen LogP contribution is 2.39. The van der Waals surface area contributed by atoms with E-state index in [-0.39, 0.29) is 24.4 Å². The summed E-state index contributed by atoms with van der Waals surface area (Å²) in [5, 5.41) is 6.77. The summed E-state index contributed by atoms with van der Waals surface area (Å²) < 4.78 is 0. The van der Waals surface area contributed by atoms with Crippen LogP contribution in [-0.2, 0) is 16.0 Å². The number of carbonyl (C=O) groups excluding carboxylic acids is 3. The first-order valence-electron chi connectivity index (χ1n) is 8.98.